The van der Waals surface area contributed by atoms with Crippen LogP contribution in [-0.2, 0) is 14.8 Å². The second-order valence-electron chi connectivity index (χ2n) is 4.51. The number of ether oxygens (including phenoxy) is 1. The molecule has 102 valence electrons. The first kappa shape index (κ1) is 12.6. The molecule has 2 aliphatic rings. The van der Waals surface area contributed by atoms with E-state index in [4.69, 9.17) is 9.84 Å². The molecule has 3 rings (SSSR count). The van der Waals surface area contributed by atoms with Gasteiger partial charge < -0.3 is 14.7 Å². The molecule has 1 unspecified atom stereocenters. The highest BCUT2D eigenvalue weighted by Gasteiger charge is 2.33. The molecule has 1 saturated heterocycles. The number of nitrogens with zero attached hydrogens (tertiary/aromatic N) is 2. The molecule has 0 aliphatic carbocycles. The summed E-state index contributed by atoms with van der Waals surface area (Å²) in [4.78, 5) is 2.10. The maximum absolute atomic E-state index is 12.0. The van der Waals surface area contributed by atoms with Crippen molar-refractivity contribution in [2.24, 2.45) is 4.40 Å². The van der Waals surface area contributed by atoms with E-state index < -0.39 is 10.0 Å². The fourth-order valence-corrected chi connectivity index (χ4v) is 3.57. The Labute approximate surface area is 111 Å². The zero-order chi connectivity index (χ0) is 13.5. The summed E-state index contributed by atoms with van der Waals surface area (Å²) in [5, 5.41) is 9.14. The third-order valence-electron chi connectivity index (χ3n) is 3.25. The van der Waals surface area contributed by atoms with Crippen molar-refractivity contribution in [2.45, 2.75) is 11.0 Å². The van der Waals surface area contributed by atoms with E-state index in [1.807, 2.05) is 4.90 Å². The Morgan fingerprint density at radius 2 is 2.21 bits per heavy atom. The number of sulfonamides is 1. The van der Waals surface area contributed by atoms with Gasteiger partial charge in [-0.2, -0.15) is 8.42 Å². The standard InChI is InChI=1S/C12H14N2O4S/c15-8-9-7-14(5-6-18-9)12-10-3-1-2-4-11(10)19(16,17)13-12/h1-4,9,15H,5-8H2. The van der Waals surface area contributed by atoms with E-state index in [1.165, 1.54) is 0 Å². The van der Waals surface area contributed by atoms with Crippen LogP contribution >= 0.6 is 0 Å². The van der Waals surface area contributed by atoms with Crippen LogP contribution in [0, 0.1) is 0 Å². The fourth-order valence-electron chi connectivity index (χ4n) is 2.34. The molecular weight excluding hydrogens is 268 g/mol. The van der Waals surface area contributed by atoms with Crippen molar-refractivity contribution in [1.82, 2.24) is 4.90 Å². The molecule has 0 radical (unpaired) electrons. The SMILES string of the molecule is O=S1(=O)N=C(N2CCOC(CO)C2)c2ccccc21. The van der Waals surface area contributed by atoms with Crippen LogP contribution in [0.15, 0.2) is 33.6 Å². The Morgan fingerprint density at radius 1 is 1.42 bits per heavy atom. The number of aliphatic hydroxyl groups is 1. The lowest BCUT2D eigenvalue weighted by atomic mass is 10.1. The predicted octanol–water partition coefficient (Wildman–Crippen LogP) is -0.171. The van der Waals surface area contributed by atoms with E-state index >= 15 is 0 Å². The topological polar surface area (TPSA) is 79.2 Å². The van der Waals surface area contributed by atoms with Gasteiger partial charge in [0.25, 0.3) is 10.0 Å². The average molecular weight is 282 g/mol. The lowest BCUT2D eigenvalue weighted by molar-refractivity contribution is -0.0338. The molecule has 6 nitrogen and oxygen atoms in total. The Balaban J connectivity index is 1.98. The van der Waals surface area contributed by atoms with Crippen molar-refractivity contribution in [3.8, 4) is 0 Å². The zero-order valence-corrected chi connectivity index (χ0v) is 11.0. The molecule has 19 heavy (non-hydrogen) atoms. The van der Waals surface area contributed by atoms with Crippen LogP contribution in [0.3, 0.4) is 0 Å². The zero-order valence-electron chi connectivity index (χ0n) is 10.2. The third-order valence-corrected chi connectivity index (χ3v) is 4.58. The maximum Gasteiger partial charge on any atom is 0.285 e. The van der Waals surface area contributed by atoms with Gasteiger partial charge in [0, 0.05) is 18.7 Å². The molecule has 2 heterocycles. The van der Waals surface area contributed by atoms with E-state index in [2.05, 4.69) is 4.40 Å². The molecular formula is C12H14N2O4S. The molecule has 1 aromatic carbocycles. The van der Waals surface area contributed by atoms with E-state index in [0.29, 0.717) is 31.1 Å². The minimum absolute atomic E-state index is 0.0851. The van der Waals surface area contributed by atoms with E-state index in [1.54, 1.807) is 24.3 Å². The van der Waals surface area contributed by atoms with Gasteiger partial charge in [-0.1, -0.05) is 12.1 Å². The number of hydrogen-bond acceptors (Lipinski definition) is 5. The van der Waals surface area contributed by atoms with Crippen molar-refractivity contribution in [1.29, 1.82) is 0 Å². The summed E-state index contributed by atoms with van der Waals surface area (Å²) in [6, 6.07) is 6.79. The normalized spacial score (nSPS) is 25.0. The van der Waals surface area contributed by atoms with Crippen LogP contribution in [0.25, 0.3) is 0 Å². The first-order valence-corrected chi connectivity index (χ1v) is 7.47. The molecule has 1 aromatic rings. The monoisotopic (exact) mass is 282 g/mol. The maximum atomic E-state index is 12.0. The van der Waals surface area contributed by atoms with Crippen molar-refractivity contribution in [3.63, 3.8) is 0 Å². The first-order chi connectivity index (χ1) is 9.12. The van der Waals surface area contributed by atoms with Gasteiger partial charge in [0.15, 0.2) is 5.84 Å². The lowest BCUT2D eigenvalue weighted by Gasteiger charge is -2.33. The largest absolute Gasteiger partial charge is 0.394 e. The molecule has 0 saturated carbocycles. The highest BCUT2D eigenvalue weighted by molar-refractivity contribution is 7.90. The van der Waals surface area contributed by atoms with Crippen LogP contribution in [0.4, 0.5) is 0 Å². The number of fused-ring (bicyclic) bond motifs is 1. The second-order valence-corrected chi connectivity index (χ2v) is 6.08. The lowest BCUT2D eigenvalue weighted by Crippen LogP contribution is -2.46. The molecule has 0 spiro atoms. The number of aliphatic hydroxyl groups excluding tert-OH is 1. The Morgan fingerprint density at radius 3 is 3.00 bits per heavy atom. The Bertz CT molecular complexity index is 626. The molecule has 1 N–H and O–H groups in total. The highest BCUT2D eigenvalue weighted by Crippen LogP contribution is 2.28. The average Bonchev–Trinajstić information content (AvgIpc) is 2.72. The summed E-state index contributed by atoms with van der Waals surface area (Å²) in [6.07, 6.45) is -0.299. The molecule has 0 bridgehead atoms. The summed E-state index contributed by atoms with van der Waals surface area (Å²) in [5.41, 5.74) is 0.626. The summed E-state index contributed by atoms with van der Waals surface area (Å²) in [6.45, 7) is 1.38. The number of benzene rings is 1. The molecule has 0 amide bonds. The van der Waals surface area contributed by atoms with Gasteiger partial charge in [0.2, 0.25) is 0 Å². The van der Waals surface area contributed by atoms with E-state index in [-0.39, 0.29) is 17.6 Å². The van der Waals surface area contributed by atoms with Gasteiger partial charge in [-0.25, -0.2) is 0 Å². The Hall–Kier alpha value is -1.44. The molecule has 2 aliphatic heterocycles. The number of morpholine rings is 1. The highest BCUT2D eigenvalue weighted by atomic mass is 32.2. The quantitative estimate of drug-likeness (QED) is 0.773. The van der Waals surface area contributed by atoms with Gasteiger partial charge in [0.05, 0.1) is 19.3 Å². The second kappa shape index (κ2) is 4.59. The summed E-state index contributed by atoms with van der Waals surface area (Å²) in [5.74, 6) is 0.456. The molecule has 1 fully saturated rings. The van der Waals surface area contributed by atoms with Crippen molar-refractivity contribution < 1.29 is 18.3 Å². The number of amidine groups is 1. The van der Waals surface area contributed by atoms with Gasteiger partial charge in [-0.05, 0) is 12.1 Å². The minimum Gasteiger partial charge on any atom is -0.394 e. The number of rotatable bonds is 1. The summed E-state index contributed by atoms with van der Waals surface area (Å²) < 4.78 is 33.1. The molecule has 0 aromatic heterocycles. The van der Waals surface area contributed by atoms with Gasteiger partial charge in [-0.15, -0.1) is 4.40 Å². The van der Waals surface area contributed by atoms with Gasteiger partial charge in [0.1, 0.15) is 4.90 Å². The molecule has 7 heteroatoms. The summed E-state index contributed by atoms with van der Waals surface area (Å²) in [7, 11) is -3.59. The van der Waals surface area contributed by atoms with Crippen LogP contribution in [0.1, 0.15) is 5.56 Å². The van der Waals surface area contributed by atoms with Gasteiger partial charge >= 0.3 is 0 Å². The van der Waals surface area contributed by atoms with Crippen LogP contribution < -0.4 is 0 Å². The van der Waals surface area contributed by atoms with E-state index in [0.717, 1.165) is 0 Å². The molecule has 1 atom stereocenters. The number of hydrogen-bond donors (Lipinski definition) is 1. The smallest absolute Gasteiger partial charge is 0.285 e. The van der Waals surface area contributed by atoms with E-state index in [9.17, 15) is 8.42 Å². The van der Waals surface area contributed by atoms with Crippen molar-refractivity contribution in [2.75, 3.05) is 26.3 Å². The predicted molar refractivity (Wildman–Crippen MR) is 68.6 cm³/mol. The Kier molecular flexibility index (Phi) is 3.04. The summed E-state index contributed by atoms with van der Waals surface area (Å²) >= 11 is 0. The first-order valence-electron chi connectivity index (χ1n) is 6.03. The van der Waals surface area contributed by atoms with Gasteiger partial charge in [-0.3, -0.25) is 0 Å². The fraction of sp³-hybridized carbons (Fsp3) is 0.417. The van der Waals surface area contributed by atoms with Crippen LogP contribution in [-0.4, -0.2) is 56.7 Å². The van der Waals surface area contributed by atoms with Crippen molar-refractivity contribution >= 4 is 15.9 Å². The van der Waals surface area contributed by atoms with Crippen LogP contribution in [0.2, 0.25) is 0 Å². The minimum atomic E-state index is -3.59. The third kappa shape index (κ3) is 2.13. The van der Waals surface area contributed by atoms with Crippen molar-refractivity contribution in [3.05, 3.63) is 29.8 Å². The van der Waals surface area contributed by atoms with Crippen LogP contribution in [0.5, 0.6) is 0 Å².